The van der Waals surface area contributed by atoms with Gasteiger partial charge in [-0.25, -0.2) is 0 Å². The highest BCUT2D eigenvalue weighted by Crippen LogP contribution is 2.78. The lowest BCUT2D eigenvalue weighted by atomic mass is 9.33. The second-order valence-corrected chi connectivity index (χ2v) is 14.3. The van der Waals surface area contributed by atoms with Gasteiger partial charge in [-0.1, -0.05) is 51.0 Å². The predicted molar refractivity (Wildman–Crippen MR) is 141 cm³/mol. The Bertz CT molecular complexity index is 1110. The summed E-state index contributed by atoms with van der Waals surface area (Å²) in [7, 11) is 0. The van der Waals surface area contributed by atoms with Gasteiger partial charge in [0.05, 0.1) is 6.10 Å². The van der Waals surface area contributed by atoms with Crippen molar-refractivity contribution in [2.45, 2.75) is 112 Å². The van der Waals surface area contributed by atoms with Crippen LogP contribution < -0.4 is 0 Å². The highest BCUT2D eigenvalue weighted by molar-refractivity contribution is 5.95. The van der Waals surface area contributed by atoms with Crippen molar-refractivity contribution in [3.8, 4) is 0 Å². The smallest absolute Gasteiger partial charge is 0.170 e. The maximum absolute atomic E-state index is 14.4. The summed E-state index contributed by atoms with van der Waals surface area (Å²) in [5.74, 6) is -1.62. The standard InChI is InChI=1S/C31H46O6/c1-17(2)10-11-22(34)31(9,37)24-21(33)15-29(7)27(24,5)16-23(35)30(8)19-14-20(32)25(36)26(3,4)18(19)12-13-28(29,30)6/h10,12,19-21,24,32-33,37H,11,13-16H2,1-9H3/t19-,20+,21-,24+,27-,28+,29-,30-,31+/m1/s1. The molecule has 0 aromatic carbocycles. The molecule has 6 nitrogen and oxygen atoms in total. The molecule has 0 amide bonds. The molecule has 4 rings (SSSR count). The van der Waals surface area contributed by atoms with Crippen LogP contribution in [0.4, 0.5) is 0 Å². The Morgan fingerprint density at radius 3 is 2.24 bits per heavy atom. The Morgan fingerprint density at radius 2 is 1.68 bits per heavy atom. The molecular weight excluding hydrogens is 468 g/mol. The lowest BCUT2D eigenvalue weighted by molar-refractivity contribution is -0.211. The fourth-order valence-corrected chi connectivity index (χ4v) is 9.49. The highest BCUT2D eigenvalue weighted by atomic mass is 16.3. The van der Waals surface area contributed by atoms with E-state index in [0.717, 1.165) is 11.1 Å². The van der Waals surface area contributed by atoms with Crippen molar-refractivity contribution in [2.24, 2.45) is 38.9 Å². The number of hydrogen-bond donors (Lipinski definition) is 3. The number of hydrogen-bond acceptors (Lipinski definition) is 6. The molecule has 3 fully saturated rings. The summed E-state index contributed by atoms with van der Waals surface area (Å²) in [6, 6.07) is 0. The average molecular weight is 515 g/mol. The van der Waals surface area contributed by atoms with Gasteiger partial charge in [-0.15, -0.1) is 0 Å². The fourth-order valence-electron chi connectivity index (χ4n) is 9.49. The summed E-state index contributed by atoms with van der Waals surface area (Å²) in [6.45, 7) is 17.2. The first kappa shape index (κ1) is 28.4. The van der Waals surface area contributed by atoms with E-state index in [9.17, 15) is 29.7 Å². The normalized spacial score (nSPS) is 46.2. The van der Waals surface area contributed by atoms with Crippen molar-refractivity contribution in [1.82, 2.24) is 0 Å². The van der Waals surface area contributed by atoms with Gasteiger partial charge in [0.1, 0.15) is 17.5 Å². The molecule has 206 valence electrons. The summed E-state index contributed by atoms with van der Waals surface area (Å²) in [6.07, 6.45) is 3.14. The maximum atomic E-state index is 14.4. The zero-order valence-electron chi connectivity index (χ0n) is 24.1. The van der Waals surface area contributed by atoms with Crippen LogP contribution in [0.15, 0.2) is 23.3 Å². The molecule has 4 aliphatic carbocycles. The fraction of sp³-hybridized carbons (Fsp3) is 0.774. The molecule has 0 aromatic rings. The van der Waals surface area contributed by atoms with Gasteiger partial charge in [-0.3, -0.25) is 14.4 Å². The minimum atomic E-state index is -1.80. The third-order valence-electron chi connectivity index (χ3n) is 12.2. The first-order valence-electron chi connectivity index (χ1n) is 13.8. The molecule has 37 heavy (non-hydrogen) atoms. The van der Waals surface area contributed by atoms with Crippen LogP contribution in [0.2, 0.25) is 0 Å². The van der Waals surface area contributed by atoms with E-state index in [2.05, 4.69) is 19.9 Å². The van der Waals surface area contributed by atoms with E-state index in [1.807, 2.05) is 41.5 Å². The molecule has 0 aliphatic heterocycles. The molecular formula is C31H46O6. The number of carbonyl (C=O) groups excluding carboxylic acids is 3. The lowest BCUT2D eigenvalue weighted by Crippen LogP contribution is -2.69. The van der Waals surface area contributed by atoms with E-state index >= 15 is 0 Å². The van der Waals surface area contributed by atoms with E-state index in [-0.39, 0.29) is 42.5 Å². The first-order chi connectivity index (χ1) is 16.7. The average Bonchev–Trinajstić information content (AvgIpc) is 2.98. The second-order valence-electron chi connectivity index (χ2n) is 14.3. The molecule has 0 unspecified atom stereocenters. The van der Waals surface area contributed by atoms with Gasteiger partial charge >= 0.3 is 0 Å². The van der Waals surface area contributed by atoms with Gasteiger partial charge in [-0.2, -0.15) is 0 Å². The topological polar surface area (TPSA) is 112 Å². The van der Waals surface area contributed by atoms with Crippen molar-refractivity contribution in [3.63, 3.8) is 0 Å². The number of fused-ring (bicyclic) bond motifs is 5. The van der Waals surface area contributed by atoms with Crippen molar-refractivity contribution in [3.05, 3.63) is 23.3 Å². The van der Waals surface area contributed by atoms with Crippen LogP contribution in [0, 0.1) is 38.9 Å². The van der Waals surface area contributed by atoms with E-state index in [4.69, 9.17) is 0 Å². The van der Waals surface area contributed by atoms with Crippen LogP contribution in [0.5, 0.6) is 0 Å². The summed E-state index contributed by atoms with van der Waals surface area (Å²) in [5, 5.41) is 34.0. The Balaban J connectivity index is 1.86. The van der Waals surface area contributed by atoms with Crippen LogP contribution in [0.3, 0.4) is 0 Å². The molecule has 6 heteroatoms. The number of rotatable bonds is 4. The van der Waals surface area contributed by atoms with Gasteiger partial charge in [0.15, 0.2) is 11.6 Å². The predicted octanol–water partition coefficient (Wildman–Crippen LogP) is 4.35. The molecule has 9 atom stereocenters. The van der Waals surface area contributed by atoms with E-state index in [1.54, 1.807) is 6.08 Å². The van der Waals surface area contributed by atoms with Crippen LogP contribution >= 0.6 is 0 Å². The van der Waals surface area contributed by atoms with Crippen LogP contribution in [0.1, 0.15) is 94.4 Å². The molecule has 0 spiro atoms. The summed E-state index contributed by atoms with van der Waals surface area (Å²) in [4.78, 5) is 40.6. The largest absolute Gasteiger partial charge is 0.393 e. The van der Waals surface area contributed by atoms with Gasteiger partial charge < -0.3 is 15.3 Å². The van der Waals surface area contributed by atoms with Crippen molar-refractivity contribution in [2.75, 3.05) is 0 Å². The first-order valence-corrected chi connectivity index (χ1v) is 13.8. The van der Waals surface area contributed by atoms with Gasteiger partial charge in [0, 0.05) is 29.6 Å². The Labute approximate surface area is 221 Å². The number of carbonyl (C=O) groups is 3. The quantitative estimate of drug-likeness (QED) is 0.481. The summed E-state index contributed by atoms with van der Waals surface area (Å²) >= 11 is 0. The number of Topliss-reactive ketones (excluding diaryl/α,β-unsaturated/α-hetero) is 3. The van der Waals surface area contributed by atoms with Gasteiger partial charge in [-0.05, 0) is 76.0 Å². The Hall–Kier alpha value is -1.63. The summed E-state index contributed by atoms with van der Waals surface area (Å²) in [5.41, 5.74) is -3.65. The second kappa shape index (κ2) is 8.19. The van der Waals surface area contributed by atoms with E-state index in [0.29, 0.717) is 12.8 Å². The Morgan fingerprint density at radius 1 is 1.08 bits per heavy atom. The zero-order chi connectivity index (χ0) is 28.1. The molecule has 0 saturated heterocycles. The van der Waals surface area contributed by atoms with E-state index < -0.39 is 50.8 Å². The lowest BCUT2D eigenvalue weighted by Gasteiger charge is -2.70. The van der Waals surface area contributed by atoms with Gasteiger partial charge in [0.25, 0.3) is 0 Å². The summed E-state index contributed by atoms with van der Waals surface area (Å²) < 4.78 is 0. The molecule has 0 aromatic heterocycles. The third kappa shape index (κ3) is 3.31. The number of aliphatic hydroxyl groups is 3. The monoisotopic (exact) mass is 514 g/mol. The minimum absolute atomic E-state index is 0.0228. The van der Waals surface area contributed by atoms with Crippen LogP contribution in [0.25, 0.3) is 0 Å². The molecule has 0 heterocycles. The maximum Gasteiger partial charge on any atom is 0.170 e. The van der Waals surface area contributed by atoms with Crippen molar-refractivity contribution in [1.29, 1.82) is 0 Å². The van der Waals surface area contributed by atoms with E-state index in [1.165, 1.54) is 6.92 Å². The van der Waals surface area contributed by atoms with Crippen molar-refractivity contribution >= 4 is 17.3 Å². The molecule has 3 saturated carbocycles. The Kier molecular flexibility index (Phi) is 6.28. The van der Waals surface area contributed by atoms with Crippen LogP contribution in [-0.4, -0.2) is 50.5 Å². The molecule has 0 bridgehead atoms. The van der Waals surface area contributed by atoms with Gasteiger partial charge in [0.2, 0.25) is 0 Å². The minimum Gasteiger partial charge on any atom is -0.393 e. The third-order valence-corrected chi connectivity index (χ3v) is 12.2. The number of aliphatic hydroxyl groups excluding tert-OH is 2. The molecule has 0 radical (unpaired) electrons. The van der Waals surface area contributed by atoms with Crippen LogP contribution in [-0.2, 0) is 14.4 Å². The molecule has 4 aliphatic rings. The number of ketones is 3. The van der Waals surface area contributed by atoms with Crippen molar-refractivity contribution < 1.29 is 29.7 Å². The zero-order valence-corrected chi connectivity index (χ0v) is 24.1. The molecule has 3 N–H and O–H groups in total. The highest BCUT2D eigenvalue weighted by Gasteiger charge is 2.78. The SMILES string of the molecule is CC(C)=CCC(=O)[C@](C)(O)[C@H]1[C@H](O)C[C@@]2(C)[C@]3(C)CC=C4[C@@H](C[C@H](O)C(=O)C4(C)C)[C@]3(C)C(=O)C[C@]12C. The number of allylic oxidation sites excluding steroid dienone is 4.